The van der Waals surface area contributed by atoms with Gasteiger partial charge in [0.2, 0.25) is 5.88 Å². The normalized spacial score (nSPS) is 11.7. The molecule has 9 heteroatoms. The topological polar surface area (TPSA) is 75.1 Å². The first-order valence-corrected chi connectivity index (χ1v) is 5.93. The number of nitrogens with one attached hydrogen (secondary N) is 1. The van der Waals surface area contributed by atoms with Crippen LogP contribution in [0, 0.1) is 6.92 Å². The summed E-state index contributed by atoms with van der Waals surface area (Å²) in [6.07, 6.45) is -4.80. The van der Waals surface area contributed by atoms with Gasteiger partial charge in [-0.1, -0.05) is 17.7 Å². The third-order valence-corrected chi connectivity index (χ3v) is 3.13. The largest absolute Gasteiger partial charge is 0.494 e. The molecule has 2 rings (SSSR count). The molecule has 0 spiro atoms. The lowest BCUT2D eigenvalue weighted by atomic mass is 10.1. The number of aromatic nitrogens is 2. The molecule has 1 heterocycles. The van der Waals surface area contributed by atoms with E-state index < -0.39 is 39.6 Å². The van der Waals surface area contributed by atoms with Gasteiger partial charge >= 0.3 is 11.9 Å². The molecule has 0 saturated carbocycles. The van der Waals surface area contributed by atoms with Crippen LogP contribution in [0.5, 0.6) is 5.88 Å². The predicted molar refractivity (Wildman–Crippen MR) is 69.1 cm³/mol. The number of hydrogen-bond donors (Lipinski definition) is 2. The van der Waals surface area contributed by atoms with Gasteiger partial charge in [0.25, 0.3) is 5.56 Å². The number of hydrogen-bond acceptors (Lipinski definition) is 3. The van der Waals surface area contributed by atoms with Crippen LogP contribution in [0.2, 0.25) is 5.02 Å². The van der Waals surface area contributed by atoms with Crippen molar-refractivity contribution < 1.29 is 18.3 Å². The number of H-pyrrole nitrogens is 1. The lowest BCUT2D eigenvalue weighted by Gasteiger charge is -2.17. The van der Waals surface area contributed by atoms with Crippen molar-refractivity contribution in [3.8, 4) is 11.6 Å². The van der Waals surface area contributed by atoms with Gasteiger partial charge < -0.3 is 5.11 Å². The molecular weight excluding hydrogens is 313 g/mol. The van der Waals surface area contributed by atoms with Gasteiger partial charge in [0.05, 0.1) is 21.8 Å². The predicted octanol–water partition coefficient (Wildman–Crippen LogP) is 2.21. The molecule has 21 heavy (non-hydrogen) atoms. The maximum absolute atomic E-state index is 13.0. The van der Waals surface area contributed by atoms with E-state index in [1.807, 2.05) is 4.98 Å². The van der Waals surface area contributed by atoms with Crippen molar-refractivity contribution in [3.05, 3.63) is 55.2 Å². The number of nitrogens with zero attached hydrogens (tertiary/aromatic N) is 1. The summed E-state index contributed by atoms with van der Waals surface area (Å²) in [4.78, 5) is 24.9. The summed E-state index contributed by atoms with van der Waals surface area (Å²) >= 11 is 5.74. The third-order valence-electron chi connectivity index (χ3n) is 2.83. The summed E-state index contributed by atoms with van der Waals surface area (Å²) in [5, 5.41) is 9.45. The van der Waals surface area contributed by atoms with Gasteiger partial charge in [-0.3, -0.25) is 9.78 Å². The van der Waals surface area contributed by atoms with Crippen LogP contribution in [0.4, 0.5) is 13.2 Å². The molecule has 0 fully saturated rings. The second kappa shape index (κ2) is 4.96. The lowest BCUT2D eigenvalue weighted by Crippen LogP contribution is -2.31. The minimum Gasteiger partial charge on any atom is -0.494 e. The molecule has 0 aliphatic rings. The summed E-state index contributed by atoms with van der Waals surface area (Å²) in [5.41, 5.74) is -4.37. The number of rotatable bonds is 1. The Morgan fingerprint density at radius 3 is 2.48 bits per heavy atom. The Balaban J connectivity index is 2.96. The van der Waals surface area contributed by atoms with Crippen molar-refractivity contribution >= 4 is 11.6 Å². The van der Waals surface area contributed by atoms with E-state index in [2.05, 4.69) is 0 Å². The number of aromatic amines is 1. The van der Waals surface area contributed by atoms with Gasteiger partial charge in [-0.05, 0) is 19.1 Å². The number of alkyl halides is 3. The van der Waals surface area contributed by atoms with Crippen molar-refractivity contribution in [3.63, 3.8) is 0 Å². The SMILES string of the molecule is Cc1c(O)n(-c2c(Cl)cccc2C(F)(F)F)c(=O)[nH]c1=O. The molecule has 1 aromatic heterocycles. The summed E-state index contributed by atoms with van der Waals surface area (Å²) < 4.78 is 39.4. The van der Waals surface area contributed by atoms with E-state index in [4.69, 9.17) is 11.6 Å². The van der Waals surface area contributed by atoms with E-state index >= 15 is 0 Å². The Hall–Kier alpha value is -2.22. The summed E-state index contributed by atoms with van der Waals surface area (Å²) in [7, 11) is 0. The quantitative estimate of drug-likeness (QED) is 0.846. The van der Waals surface area contributed by atoms with Gasteiger partial charge in [-0.15, -0.1) is 0 Å². The van der Waals surface area contributed by atoms with E-state index in [0.29, 0.717) is 10.6 Å². The van der Waals surface area contributed by atoms with E-state index in [-0.39, 0.29) is 5.56 Å². The Morgan fingerprint density at radius 2 is 1.90 bits per heavy atom. The molecule has 0 aliphatic carbocycles. The van der Waals surface area contributed by atoms with Gasteiger partial charge in [-0.2, -0.15) is 13.2 Å². The maximum Gasteiger partial charge on any atom is 0.418 e. The van der Waals surface area contributed by atoms with Crippen LogP contribution in [0.15, 0.2) is 27.8 Å². The van der Waals surface area contributed by atoms with Crippen molar-refractivity contribution in [1.29, 1.82) is 0 Å². The molecule has 0 aliphatic heterocycles. The lowest BCUT2D eigenvalue weighted by molar-refractivity contribution is -0.137. The molecule has 0 bridgehead atoms. The second-order valence-electron chi connectivity index (χ2n) is 4.18. The first-order chi connectivity index (χ1) is 9.64. The van der Waals surface area contributed by atoms with Crippen LogP contribution in [0.3, 0.4) is 0 Å². The summed E-state index contributed by atoms with van der Waals surface area (Å²) in [6, 6.07) is 2.92. The minimum atomic E-state index is -4.80. The highest BCUT2D eigenvalue weighted by atomic mass is 35.5. The van der Waals surface area contributed by atoms with E-state index in [1.54, 1.807) is 0 Å². The minimum absolute atomic E-state index is 0.303. The fraction of sp³-hybridized carbons (Fsp3) is 0.167. The van der Waals surface area contributed by atoms with Gasteiger partial charge in [-0.25, -0.2) is 9.36 Å². The van der Waals surface area contributed by atoms with Crippen molar-refractivity contribution in [2.75, 3.05) is 0 Å². The number of aromatic hydroxyl groups is 1. The summed E-state index contributed by atoms with van der Waals surface area (Å²) in [5.74, 6) is -0.901. The van der Waals surface area contributed by atoms with Gasteiger partial charge in [0.15, 0.2) is 0 Å². The van der Waals surface area contributed by atoms with Crippen LogP contribution < -0.4 is 11.2 Å². The summed E-state index contributed by atoms with van der Waals surface area (Å²) in [6.45, 7) is 1.16. The van der Waals surface area contributed by atoms with Crippen LogP contribution in [-0.2, 0) is 6.18 Å². The molecule has 2 N–H and O–H groups in total. The number of halogens is 4. The van der Waals surface area contributed by atoms with Gasteiger partial charge in [0.1, 0.15) is 0 Å². The van der Waals surface area contributed by atoms with Crippen LogP contribution in [-0.4, -0.2) is 14.7 Å². The molecule has 0 atom stereocenters. The first-order valence-electron chi connectivity index (χ1n) is 5.55. The van der Waals surface area contributed by atoms with E-state index in [1.165, 1.54) is 0 Å². The second-order valence-corrected chi connectivity index (χ2v) is 4.58. The average molecular weight is 321 g/mol. The van der Waals surface area contributed by atoms with Gasteiger partial charge in [0, 0.05) is 0 Å². The molecule has 0 amide bonds. The fourth-order valence-electron chi connectivity index (χ4n) is 1.79. The highest BCUT2D eigenvalue weighted by molar-refractivity contribution is 6.32. The van der Waals surface area contributed by atoms with E-state index in [0.717, 1.165) is 19.1 Å². The zero-order chi connectivity index (χ0) is 15.9. The monoisotopic (exact) mass is 320 g/mol. The Bertz CT molecular complexity index is 824. The highest BCUT2D eigenvalue weighted by Gasteiger charge is 2.36. The third kappa shape index (κ3) is 2.54. The Labute approximate surface area is 120 Å². The Morgan fingerprint density at radius 1 is 1.29 bits per heavy atom. The van der Waals surface area contributed by atoms with E-state index in [9.17, 15) is 27.9 Å². The molecule has 5 nitrogen and oxygen atoms in total. The molecule has 0 radical (unpaired) electrons. The zero-order valence-electron chi connectivity index (χ0n) is 10.5. The first kappa shape index (κ1) is 15.2. The standard InChI is InChI=1S/C12H8ClF3N2O3/c1-5-9(19)17-11(21)18(10(5)20)8-6(12(14,15)16)3-2-4-7(8)13/h2-4,20H,1H3,(H,17,19,21). The van der Waals surface area contributed by atoms with Crippen LogP contribution in [0.1, 0.15) is 11.1 Å². The van der Waals surface area contributed by atoms with Crippen molar-refractivity contribution in [1.82, 2.24) is 9.55 Å². The highest BCUT2D eigenvalue weighted by Crippen LogP contribution is 2.37. The molecule has 0 saturated heterocycles. The molecule has 1 aromatic carbocycles. The maximum atomic E-state index is 13.0. The Kier molecular flexibility index (Phi) is 3.58. The smallest absolute Gasteiger partial charge is 0.418 e. The molecule has 2 aromatic rings. The van der Waals surface area contributed by atoms with Crippen molar-refractivity contribution in [2.45, 2.75) is 13.1 Å². The zero-order valence-corrected chi connectivity index (χ0v) is 11.2. The number of para-hydroxylation sites is 1. The van der Waals surface area contributed by atoms with Crippen molar-refractivity contribution in [2.24, 2.45) is 0 Å². The average Bonchev–Trinajstić information content (AvgIpc) is 2.36. The molecule has 112 valence electrons. The molecule has 0 unspecified atom stereocenters. The number of benzene rings is 1. The van der Waals surface area contributed by atoms with Crippen LogP contribution >= 0.6 is 11.6 Å². The fourth-order valence-corrected chi connectivity index (χ4v) is 2.05. The van der Waals surface area contributed by atoms with Crippen LogP contribution in [0.25, 0.3) is 5.69 Å². The molecular formula is C12H8ClF3N2O3.